The first-order valence-electron chi connectivity index (χ1n) is 9.33. The second-order valence-electron chi connectivity index (χ2n) is 6.72. The Kier molecular flexibility index (Phi) is 10.0. The summed E-state index contributed by atoms with van der Waals surface area (Å²) in [5, 5.41) is 6.73. The largest absolute Gasteiger partial charge is 0.496 e. The van der Waals surface area contributed by atoms with Gasteiger partial charge in [-0.1, -0.05) is 12.1 Å². The molecule has 0 fully saturated rings. The van der Waals surface area contributed by atoms with E-state index in [9.17, 15) is 0 Å². The summed E-state index contributed by atoms with van der Waals surface area (Å²) < 4.78 is 5.46. The van der Waals surface area contributed by atoms with Gasteiger partial charge in [0.2, 0.25) is 0 Å². The number of unbranched alkanes of at least 4 members (excludes halogenated alkanes) is 1. The number of ether oxygens (including phenoxy) is 1. The molecule has 0 amide bonds. The van der Waals surface area contributed by atoms with Crippen LogP contribution in [-0.2, 0) is 6.54 Å². The number of hydrogen-bond donors (Lipinski definition) is 2. The van der Waals surface area contributed by atoms with Crippen LogP contribution in [0.2, 0.25) is 0 Å². The molecule has 0 spiro atoms. The number of benzene rings is 1. The topological polar surface area (TPSA) is 48.9 Å². The first-order valence-corrected chi connectivity index (χ1v) is 9.33. The predicted octanol–water partition coefficient (Wildman–Crippen LogP) is 3.18. The highest BCUT2D eigenvalue weighted by molar-refractivity contribution is 5.79. The van der Waals surface area contributed by atoms with Crippen LogP contribution >= 0.6 is 0 Å². The van der Waals surface area contributed by atoms with Crippen LogP contribution in [0.5, 0.6) is 5.75 Å². The Morgan fingerprint density at radius 2 is 2.00 bits per heavy atom. The SMILES string of the molecule is CCNC(=NCc1ccc(C)cc1OC)NCCCCN(C)C(C)C. The van der Waals surface area contributed by atoms with Gasteiger partial charge in [0, 0.05) is 24.7 Å². The van der Waals surface area contributed by atoms with E-state index >= 15 is 0 Å². The molecule has 0 aliphatic heterocycles. The van der Waals surface area contributed by atoms with E-state index in [0.717, 1.165) is 43.3 Å². The van der Waals surface area contributed by atoms with Crippen LogP contribution in [0.1, 0.15) is 44.7 Å². The second-order valence-corrected chi connectivity index (χ2v) is 6.72. The fourth-order valence-electron chi connectivity index (χ4n) is 2.44. The lowest BCUT2D eigenvalue weighted by Crippen LogP contribution is -2.38. The van der Waals surface area contributed by atoms with Gasteiger partial charge in [-0.05, 0) is 65.8 Å². The molecule has 0 bridgehead atoms. The first-order chi connectivity index (χ1) is 12.0. The van der Waals surface area contributed by atoms with Gasteiger partial charge in [-0.3, -0.25) is 0 Å². The van der Waals surface area contributed by atoms with Gasteiger partial charge >= 0.3 is 0 Å². The van der Waals surface area contributed by atoms with E-state index in [0.29, 0.717) is 12.6 Å². The van der Waals surface area contributed by atoms with Crippen LogP contribution in [0.25, 0.3) is 0 Å². The number of hydrogen-bond acceptors (Lipinski definition) is 3. The molecule has 0 radical (unpaired) electrons. The van der Waals surface area contributed by atoms with Crippen molar-refractivity contribution in [2.45, 2.75) is 53.1 Å². The number of methoxy groups -OCH3 is 1. The van der Waals surface area contributed by atoms with Crippen molar-refractivity contribution in [1.82, 2.24) is 15.5 Å². The van der Waals surface area contributed by atoms with Crippen LogP contribution in [0.3, 0.4) is 0 Å². The standard InChI is InChI=1S/C20H36N4O/c1-7-21-20(22-12-8-9-13-24(5)16(2)3)23-15-18-11-10-17(4)14-19(18)25-6/h10-11,14,16H,7-9,12-13,15H2,1-6H3,(H2,21,22,23). The smallest absolute Gasteiger partial charge is 0.191 e. The van der Waals surface area contributed by atoms with Crippen LogP contribution in [-0.4, -0.2) is 50.7 Å². The maximum absolute atomic E-state index is 5.46. The third-order valence-electron chi connectivity index (χ3n) is 4.31. The van der Waals surface area contributed by atoms with Crippen LogP contribution in [0, 0.1) is 6.92 Å². The Balaban J connectivity index is 2.49. The van der Waals surface area contributed by atoms with Gasteiger partial charge in [0.05, 0.1) is 13.7 Å². The van der Waals surface area contributed by atoms with Crippen molar-refractivity contribution >= 4 is 5.96 Å². The van der Waals surface area contributed by atoms with Crippen LogP contribution in [0.4, 0.5) is 0 Å². The van der Waals surface area contributed by atoms with E-state index < -0.39 is 0 Å². The summed E-state index contributed by atoms with van der Waals surface area (Å²) in [6.07, 6.45) is 2.32. The third kappa shape index (κ3) is 8.25. The van der Waals surface area contributed by atoms with Gasteiger partial charge < -0.3 is 20.3 Å². The fourth-order valence-corrected chi connectivity index (χ4v) is 2.44. The molecule has 0 aromatic heterocycles. The zero-order valence-electron chi connectivity index (χ0n) is 16.9. The quantitative estimate of drug-likeness (QED) is 0.387. The summed E-state index contributed by atoms with van der Waals surface area (Å²) in [5.41, 5.74) is 2.30. The molecule has 1 rings (SSSR count). The summed E-state index contributed by atoms with van der Waals surface area (Å²) in [5.74, 6) is 1.76. The molecule has 1 aromatic rings. The number of nitrogens with one attached hydrogen (secondary N) is 2. The minimum atomic E-state index is 0.606. The van der Waals surface area contributed by atoms with Gasteiger partial charge in [-0.15, -0.1) is 0 Å². The average molecular weight is 349 g/mol. The maximum Gasteiger partial charge on any atom is 0.191 e. The number of rotatable bonds is 10. The van der Waals surface area contributed by atoms with E-state index in [1.54, 1.807) is 7.11 Å². The van der Waals surface area contributed by atoms with Gasteiger partial charge in [0.15, 0.2) is 5.96 Å². The molecular formula is C20H36N4O. The van der Waals surface area contributed by atoms with E-state index in [-0.39, 0.29) is 0 Å². The molecule has 5 heteroatoms. The van der Waals surface area contributed by atoms with Gasteiger partial charge in [0.1, 0.15) is 5.75 Å². The molecule has 0 atom stereocenters. The fraction of sp³-hybridized carbons (Fsp3) is 0.650. The summed E-state index contributed by atoms with van der Waals surface area (Å²) in [6, 6.07) is 6.84. The Morgan fingerprint density at radius 1 is 1.24 bits per heavy atom. The number of guanidine groups is 1. The summed E-state index contributed by atoms with van der Waals surface area (Å²) in [4.78, 5) is 7.06. The molecule has 0 aliphatic rings. The third-order valence-corrected chi connectivity index (χ3v) is 4.31. The maximum atomic E-state index is 5.46. The molecule has 0 aliphatic carbocycles. The number of nitrogens with zero attached hydrogens (tertiary/aromatic N) is 2. The minimum Gasteiger partial charge on any atom is -0.496 e. The Labute approximate surface area is 153 Å². The molecule has 142 valence electrons. The molecule has 0 heterocycles. The highest BCUT2D eigenvalue weighted by atomic mass is 16.5. The molecule has 0 saturated carbocycles. The normalized spacial score (nSPS) is 11.9. The Morgan fingerprint density at radius 3 is 2.64 bits per heavy atom. The van der Waals surface area contributed by atoms with Crippen molar-refractivity contribution in [3.8, 4) is 5.75 Å². The summed E-state index contributed by atoms with van der Waals surface area (Å²) >= 11 is 0. The van der Waals surface area contributed by atoms with E-state index in [1.807, 2.05) is 0 Å². The summed E-state index contributed by atoms with van der Waals surface area (Å²) in [6.45, 7) is 12.1. The second kappa shape index (κ2) is 11.7. The van der Waals surface area contributed by atoms with Crippen LogP contribution < -0.4 is 15.4 Å². The van der Waals surface area contributed by atoms with Gasteiger partial charge in [-0.2, -0.15) is 0 Å². The Bertz CT molecular complexity index is 528. The van der Waals surface area contributed by atoms with Crippen molar-refractivity contribution in [2.75, 3.05) is 33.8 Å². The summed E-state index contributed by atoms with van der Waals surface area (Å²) in [7, 11) is 3.89. The molecule has 2 N–H and O–H groups in total. The molecule has 0 saturated heterocycles. The lowest BCUT2D eigenvalue weighted by atomic mass is 10.1. The van der Waals surface area contributed by atoms with Crippen molar-refractivity contribution in [2.24, 2.45) is 4.99 Å². The van der Waals surface area contributed by atoms with Crippen molar-refractivity contribution in [1.29, 1.82) is 0 Å². The zero-order chi connectivity index (χ0) is 18.7. The highest BCUT2D eigenvalue weighted by Gasteiger charge is 2.04. The van der Waals surface area contributed by atoms with Crippen molar-refractivity contribution in [3.05, 3.63) is 29.3 Å². The minimum absolute atomic E-state index is 0.606. The van der Waals surface area contributed by atoms with Crippen molar-refractivity contribution in [3.63, 3.8) is 0 Å². The molecule has 25 heavy (non-hydrogen) atoms. The monoisotopic (exact) mass is 348 g/mol. The molecular weight excluding hydrogens is 312 g/mol. The average Bonchev–Trinajstić information content (AvgIpc) is 2.59. The molecule has 0 unspecified atom stereocenters. The van der Waals surface area contributed by atoms with E-state index in [2.05, 4.69) is 73.5 Å². The van der Waals surface area contributed by atoms with Crippen LogP contribution in [0.15, 0.2) is 23.2 Å². The van der Waals surface area contributed by atoms with Gasteiger partial charge in [-0.25, -0.2) is 4.99 Å². The lowest BCUT2D eigenvalue weighted by molar-refractivity contribution is 0.268. The van der Waals surface area contributed by atoms with E-state index in [1.165, 1.54) is 12.0 Å². The van der Waals surface area contributed by atoms with Gasteiger partial charge in [0.25, 0.3) is 0 Å². The van der Waals surface area contributed by atoms with Crippen molar-refractivity contribution < 1.29 is 4.74 Å². The predicted molar refractivity (Wildman–Crippen MR) is 108 cm³/mol. The highest BCUT2D eigenvalue weighted by Crippen LogP contribution is 2.20. The molecule has 5 nitrogen and oxygen atoms in total. The Hall–Kier alpha value is -1.75. The lowest BCUT2D eigenvalue weighted by Gasteiger charge is -2.20. The number of aryl methyl sites for hydroxylation is 1. The van der Waals surface area contributed by atoms with E-state index in [4.69, 9.17) is 4.74 Å². The zero-order valence-corrected chi connectivity index (χ0v) is 16.9. The number of aliphatic imine (C=N–C) groups is 1. The first kappa shape index (κ1) is 21.3. The molecule has 1 aromatic carbocycles.